The van der Waals surface area contributed by atoms with E-state index in [-0.39, 0.29) is 19.3 Å². The number of para-hydroxylation sites is 1. The van der Waals surface area contributed by atoms with Gasteiger partial charge >= 0.3 is 6.36 Å². The third-order valence-electron chi connectivity index (χ3n) is 3.21. The van der Waals surface area contributed by atoms with Gasteiger partial charge in [-0.3, -0.25) is 0 Å². The average Bonchev–Trinajstić information content (AvgIpc) is 2.40. The van der Waals surface area contributed by atoms with E-state index in [1.807, 2.05) is 0 Å². The lowest BCUT2D eigenvalue weighted by molar-refractivity contribution is -0.275. The Hall–Kier alpha value is -1.32. The molecule has 1 saturated heterocycles. The normalized spacial score (nSPS) is 24.2. The number of hydrogen-bond donors (Lipinski definition) is 0. The number of rotatable bonds is 3. The van der Waals surface area contributed by atoms with Crippen molar-refractivity contribution in [3.63, 3.8) is 0 Å². The predicted molar refractivity (Wildman–Crippen MR) is 71.9 cm³/mol. The van der Waals surface area contributed by atoms with Crippen LogP contribution in [-0.2, 0) is 14.8 Å². The summed E-state index contributed by atoms with van der Waals surface area (Å²) in [5.41, 5.74) is 0. The second-order valence-electron chi connectivity index (χ2n) is 5.06. The highest BCUT2D eigenvalue weighted by molar-refractivity contribution is 7.89. The van der Waals surface area contributed by atoms with E-state index in [1.54, 1.807) is 13.8 Å². The van der Waals surface area contributed by atoms with E-state index < -0.39 is 33.1 Å². The van der Waals surface area contributed by atoms with Crippen molar-refractivity contribution in [3.05, 3.63) is 24.3 Å². The first-order chi connectivity index (χ1) is 10.1. The molecule has 0 spiro atoms. The van der Waals surface area contributed by atoms with Gasteiger partial charge in [-0.05, 0) is 26.0 Å². The molecule has 1 aromatic carbocycles. The SMILES string of the molecule is C[C@@H]1CO[C@@H](C)CN1S(=O)(=O)c1ccccc1OC(F)(F)F. The molecule has 9 heteroatoms. The quantitative estimate of drug-likeness (QED) is 0.848. The van der Waals surface area contributed by atoms with Gasteiger partial charge in [0.15, 0.2) is 0 Å². The zero-order valence-electron chi connectivity index (χ0n) is 12.0. The smallest absolute Gasteiger partial charge is 0.404 e. The number of benzene rings is 1. The first-order valence-electron chi connectivity index (χ1n) is 6.59. The topological polar surface area (TPSA) is 55.8 Å². The van der Waals surface area contributed by atoms with Crippen LogP contribution in [0.15, 0.2) is 29.2 Å². The third-order valence-corrected chi connectivity index (χ3v) is 5.23. The molecule has 22 heavy (non-hydrogen) atoms. The Morgan fingerprint density at radius 1 is 1.27 bits per heavy atom. The minimum absolute atomic E-state index is 0.0733. The zero-order valence-corrected chi connectivity index (χ0v) is 12.8. The fraction of sp³-hybridized carbons (Fsp3) is 0.538. The lowest BCUT2D eigenvalue weighted by atomic mass is 10.2. The number of ether oxygens (including phenoxy) is 2. The molecule has 0 N–H and O–H groups in total. The summed E-state index contributed by atoms with van der Waals surface area (Å²) in [5.74, 6) is -0.735. The van der Waals surface area contributed by atoms with E-state index in [4.69, 9.17) is 4.74 Å². The van der Waals surface area contributed by atoms with Crippen LogP contribution in [0.4, 0.5) is 13.2 Å². The average molecular weight is 339 g/mol. The molecule has 0 aliphatic carbocycles. The van der Waals surface area contributed by atoms with E-state index >= 15 is 0 Å². The Balaban J connectivity index is 2.41. The van der Waals surface area contributed by atoms with E-state index in [9.17, 15) is 21.6 Å². The standard InChI is InChI=1S/C13H16F3NO4S/c1-9-8-20-10(2)7-17(9)22(18,19)12-6-4-3-5-11(12)21-13(14,15)16/h3-6,9-10H,7-8H2,1-2H3/t9-,10+/m1/s1. The van der Waals surface area contributed by atoms with Crippen molar-refractivity contribution in [1.82, 2.24) is 4.31 Å². The molecular weight excluding hydrogens is 323 g/mol. The first-order valence-corrected chi connectivity index (χ1v) is 8.03. The molecule has 2 atom stereocenters. The summed E-state index contributed by atoms with van der Waals surface area (Å²) in [6.07, 6.45) is -5.29. The Labute approximate surface area is 126 Å². The van der Waals surface area contributed by atoms with Crippen molar-refractivity contribution >= 4 is 10.0 Å². The molecule has 0 unspecified atom stereocenters. The maximum atomic E-state index is 12.7. The monoisotopic (exact) mass is 339 g/mol. The third kappa shape index (κ3) is 3.71. The van der Waals surface area contributed by atoms with Gasteiger partial charge in [0, 0.05) is 12.6 Å². The van der Waals surface area contributed by atoms with Gasteiger partial charge in [-0.2, -0.15) is 4.31 Å². The van der Waals surface area contributed by atoms with Crippen molar-refractivity contribution in [1.29, 1.82) is 0 Å². The summed E-state index contributed by atoms with van der Waals surface area (Å²) in [4.78, 5) is -0.506. The van der Waals surface area contributed by atoms with Crippen molar-refractivity contribution in [3.8, 4) is 5.75 Å². The number of nitrogens with zero attached hydrogens (tertiary/aromatic N) is 1. The van der Waals surface area contributed by atoms with Crippen LogP contribution in [0.25, 0.3) is 0 Å². The van der Waals surface area contributed by atoms with Crippen LogP contribution in [0.3, 0.4) is 0 Å². The molecule has 1 fully saturated rings. The molecule has 5 nitrogen and oxygen atoms in total. The molecule has 0 aromatic heterocycles. The fourth-order valence-electron chi connectivity index (χ4n) is 2.21. The minimum Gasteiger partial charge on any atom is -0.404 e. The van der Waals surface area contributed by atoms with Gasteiger partial charge in [-0.1, -0.05) is 12.1 Å². The zero-order chi connectivity index (χ0) is 16.5. The lowest BCUT2D eigenvalue weighted by Gasteiger charge is -2.35. The molecule has 0 amide bonds. The van der Waals surface area contributed by atoms with Crippen LogP contribution in [-0.4, -0.2) is 44.4 Å². The number of alkyl halides is 3. The van der Waals surface area contributed by atoms with E-state index in [1.165, 1.54) is 12.1 Å². The molecule has 0 saturated carbocycles. The van der Waals surface area contributed by atoms with Crippen LogP contribution in [0.5, 0.6) is 5.75 Å². The van der Waals surface area contributed by atoms with Gasteiger partial charge in [0.05, 0.1) is 12.7 Å². The molecule has 2 rings (SSSR count). The van der Waals surface area contributed by atoms with Crippen molar-refractivity contribution in [2.24, 2.45) is 0 Å². The minimum atomic E-state index is -4.96. The van der Waals surface area contributed by atoms with Gasteiger partial charge < -0.3 is 9.47 Å². The van der Waals surface area contributed by atoms with Crippen LogP contribution in [0.2, 0.25) is 0 Å². The summed E-state index contributed by atoms with van der Waals surface area (Å²) in [6, 6.07) is 4.24. The van der Waals surface area contributed by atoms with Crippen molar-refractivity contribution in [2.45, 2.75) is 37.3 Å². The Morgan fingerprint density at radius 2 is 1.91 bits per heavy atom. The van der Waals surface area contributed by atoms with Crippen molar-refractivity contribution in [2.75, 3.05) is 13.2 Å². The van der Waals surface area contributed by atoms with Gasteiger partial charge in [-0.15, -0.1) is 13.2 Å². The summed E-state index contributed by atoms with van der Waals surface area (Å²) in [7, 11) is -4.12. The molecule has 0 bridgehead atoms. The van der Waals surface area contributed by atoms with E-state index in [0.717, 1.165) is 16.4 Å². The highest BCUT2D eigenvalue weighted by Gasteiger charge is 2.38. The van der Waals surface area contributed by atoms with Gasteiger partial charge in [0.25, 0.3) is 0 Å². The second kappa shape index (κ2) is 6.05. The maximum absolute atomic E-state index is 12.7. The molecule has 124 valence electrons. The Kier molecular flexibility index (Phi) is 4.69. The second-order valence-corrected chi connectivity index (χ2v) is 6.92. The van der Waals surface area contributed by atoms with Crippen LogP contribution in [0, 0.1) is 0 Å². The van der Waals surface area contributed by atoms with Crippen molar-refractivity contribution < 1.29 is 31.1 Å². The van der Waals surface area contributed by atoms with Crippen LogP contribution < -0.4 is 4.74 Å². The fourth-order valence-corrected chi connectivity index (χ4v) is 4.01. The predicted octanol–water partition coefficient (Wildman–Crippen LogP) is 2.38. The summed E-state index contributed by atoms with van der Waals surface area (Å²) < 4.78 is 73.0. The number of hydrogen-bond acceptors (Lipinski definition) is 4. The summed E-state index contributed by atoms with van der Waals surface area (Å²) in [6.45, 7) is 3.59. The highest BCUT2D eigenvalue weighted by atomic mass is 32.2. The Bertz CT molecular complexity index is 632. The largest absolute Gasteiger partial charge is 0.573 e. The number of morpholine rings is 1. The molecule has 1 heterocycles. The van der Waals surface area contributed by atoms with Gasteiger partial charge in [0.1, 0.15) is 10.6 Å². The van der Waals surface area contributed by atoms with Gasteiger partial charge in [-0.25, -0.2) is 8.42 Å². The summed E-state index contributed by atoms with van der Waals surface area (Å²) >= 11 is 0. The number of sulfonamides is 1. The molecule has 1 aliphatic heterocycles. The van der Waals surface area contributed by atoms with Crippen LogP contribution >= 0.6 is 0 Å². The molecule has 1 aliphatic rings. The van der Waals surface area contributed by atoms with E-state index in [0.29, 0.717) is 0 Å². The van der Waals surface area contributed by atoms with Crippen LogP contribution in [0.1, 0.15) is 13.8 Å². The molecular formula is C13H16F3NO4S. The highest BCUT2D eigenvalue weighted by Crippen LogP contribution is 2.32. The van der Waals surface area contributed by atoms with E-state index in [2.05, 4.69) is 4.74 Å². The maximum Gasteiger partial charge on any atom is 0.573 e. The Morgan fingerprint density at radius 3 is 2.55 bits per heavy atom. The molecule has 1 aromatic rings. The molecule has 0 radical (unpaired) electrons. The number of halogens is 3. The van der Waals surface area contributed by atoms with Gasteiger partial charge in [0.2, 0.25) is 10.0 Å². The lowest BCUT2D eigenvalue weighted by Crippen LogP contribution is -2.50. The first kappa shape index (κ1) is 17.0. The summed E-state index contributed by atoms with van der Waals surface area (Å²) in [5, 5.41) is 0.